The minimum absolute atomic E-state index is 0.0386. The van der Waals surface area contributed by atoms with E-state index in [1.54, 1.807) is 39.2 Å². The molecule has 9 nitrogen and oxygen atoms in total. The van der Waals surface area contributed by atoms with Crippen molar-refractivity contribution < 1.29 is 22.4 Å². The van der Waals surface area contributed by atoms with Gasteiger partial charge in [-0.1, -0.05) is 12.1 Å². The second-order valence-corrected chi connectivity index (χ2v) is 11.2. The maximum absolute atomic E-state index is 13.2. The van der Waals surface area contributed by atoms with Crippen LogP contribution in [0.4, 0.5) is 10.5 Å². The number of benzene rings is 2. The fourth-order valence-electron chi connectivity index (χ4n) is 3.82. The minimum atomic E-state index is -3.44. The Balaban J connectivity index is 2.14. The lowest BCUT2D eigenvalue weighted by atomic mass is 9.94. The fourth-order valence-corrected chi connectivity index (χ4v) is 4.52. The van der Waals surface area contributed by atoms with Crippen LogP contribution in [0.1, 0.15) is 34.7 Å². The number of fused-ring (bicyclic) bond motifs is 1. The highest BCUT2D eigenvalue weighted by atomic mass is 32.2. The molecule has 1 heterocycles. The van der Waals surface area contributed by atoms with Crippen LogP contribution in [0.25, 0.3) is 11.0 Å². The lowest BCUT2D eigenvalue weighted by Crippen LogP contribution is -2.25. The van der Waals surface area contributed by atoms with Crippen molar-refractivity contribution >= 4 is 32.8 Å². The molecule has 0 bridgehead atoms. The number of amides is 1. The average Bonchev–Trinajstić information content (AvgIpc) is 2.79. The summed E-state index contributed by atoms with van der Waals surface area (Å²) in [6.45, 7) is 5.71. The molecule has 36 heavy (non-hydrogen) atoms. The van der Waals surface area contributed by atoms with Crippen molar-refractivity contribution in [2.75, 3.05) is 38.7 Å². The van der Waals surface area contributed by atoms with Gasteiger partial charge >= 0.3 is 11.7 Å². The molecule has 0 unspecified atom stereocenters. The Labute approximate surface area is 211 Å². The molecular formula is C26H33N3O6S. The van der Waals surface area contributed by atoms with Crippen molar-refractivity contribution in [3.8, 4) is 5.75 Å². The van der Waals surface area contributed by atoms with Gasteiger partial charge in [-0.3, -0.25) is 4.72 Å². The van der Waals surface area contributed by atoms with E-state index in [1.165, 1.54) is 4.90 Å². The van der Waals surface area contributed by atoms with Gasteiger partial charge in [0.1, 0.15) is 11.3 Å². The largest absolute Gasteiger partial charge is 0.422 e. The number of aryl methyl sites for hydroxylation is 1. The van der Waals surface area contributed by atoms with E-state index < -0.39 is 21.7 Å². The van der Waals surface area contributed by atoms with E-state index in [9.17, 15) is 18.0 Å². The van der Waals surface area contributed by atoms with Crippen LogP contribution < -0.4 is 15.1 Å². The van der Waals surface area contributed by atoms with Crippen molar-refractivity contribution in [1.29, 1.82) is 0 Å². The maximum Gasteiger partial charge on any atom is 0.414 e. The number of sulfonamides is 1. The molecule has 0 fully saturated rings. The van der Waals surface area contributed by atoms with Gasteiger partial charge in [0.15, 0.2) is 0 Å². The zero-order valence-electron chi connectivity index (χ0n) is 21.8. The first kappa shape index (κ1) is 27.2. The third kappa shape index (κ3) is 6.06. The van der Waals surface area contributed by atoms with E-state index in [2.05, 4.69) is 4.72 Å². The summed E-state index contributed by atoms with van der Waals surface area (Å²) in [6, 6.07) is 8.77. The minimum Gasteiger partial charge on any atom is -0.422 e. The molecule has 194 valence electrons. The molecule has 0 radical (unpaired) electrons. The van der Waals surface area contributed by atoms with Crippen LogP contribution in [0, 0.1) is 13.8 Å². The van der Waals surface area contributed by atoms with Crippen molar-refractivity contribution in [3.63, 3.8) is 0 Å². The molecule has 0 aliphatic rings. The Morgan fingerprint density at radius 2 is 1.78 bits per heavy atom. The Bertz CT molecular complexity index is 1460. The number of nitrogens with one attached hydrogen (secondary N) is 1. The molecule has 1 N–H and O–H groups in total. The normalized spacial score (nSPS) is 11.7. The van der Waals surface area contributed by atoms with Crippen LogP contribution in [0.15, 0.2) is 39.5 Å². The van der Waals surface area contributed by atoms with Crippen LogP contribution >= 0.6 is 0 Å². The van der Waals surface area contributed by atoms with E-state index >= 15 is 0 Å². The molecule has 3 rings (SSSR count). The van der Waals surface area contributed by atoms with E-state index in [-0.39, 0.29) is 12.2 Å². The van der Waals surface area contributed by atoms with Crippen LogP contribution in [-0.2, 0) is 23.0 Å². The number of anilines is 1. The Hall–Kier alpha value is -3.37. The molecule has 0 aliphatic carbocycles. The smallest absolute Gasteiger partial charge is 0.414 e. The lowest BCUT2D eigenvalue weighted by molar-refractivity contribution is 0.171. The van der Waals surface area contributed by atoms with Gasteiger partial charge < -0.3 is 19.0 Å². The second-order valence-electron chi connectivity index (χ2n) is 9.23. The van der Waals surface area contributed by atoms with Crippen molar-refractivity contribution in [1.82, 2.24) is 9.80 Å². The van der Waals surface area contributed by atoms with E-state index in [4.69, 9.17) is 9.15 Å². The van der Waals surface area contributed by atoms with Gasteiger partial charge in [0.2, 0.25) is 10.0 Å². The number of hydrogen-bond donors (Lipinski definition) is 1. The number of carbonyl (C=O) groups excluding carboxylic acids is 1. The van der Waals surface area contributed by atoms with Gasteiger partial charge in [-0.25, -0.2) is 18.0 Å². The summed E-state index contributed by atoms with van der Waals surface area (Å²) in [6.07, 6.45) is -0.259. The molecule has 0 spiro atoms. The van der Waals surface area contributed by atoms with Gasteiger partial charge in [-0.2, -0.15) is 0 Å². The maximum atomic E-state index is 13.2. The zero-order valence-corrected chi connectivity index (χ0v) is 22.6. The predicted octanol–water partition coefficient (Wildman–Crippen LogP) is 3.88. The first-order valence-corrected chi connectivity index (χ1v) is 13.2. The molecule has 0 atom stereocenters. The van der Waals surface area contributed by atoms with Crippen LogP contribution in [0.3, 0.4) is 0 Å². The lowest BCUT2D eigenvalue weighted by Gasteiger charge is -2.19. The first-order chi connectivity index (χ1) is 16.8. The number of carbonyl (C=O) groups is 1. The third-order valence-corrected chi connectivity index (χ3v) is 7.20. The summed E-state index contributed by atoms with van der Waals surface area (Å²) in [4.78, 5) is 28.6. The summed E-state index contributed by atoms with van der Waals surface area (Å²) < 4.78 is 38.0. The summed E-state index contributed by atoms with van der Waals surface area (Å²) in [5.41, 5.74) is 3.90. The highest BCUT2D eigenvalue weighted by molar-refractivity contribution is 7.92. The molecule has 0 saturated heterocycles. The molecule has 2 aromatic carbocycles. The molecular weight excluding hydrogens is 482 g/mol. The van der Waals surface area contributed by atoms with Gasteiger partial charge in [-0.15, -0.1) is 0 Å². The standard InChI is InChI=1S/C26H33N3O6S/c1-8-36(32,33)27-22-11-9-10-18(17(22)3)13-20-21(15-28(4)5)19-12-16(2)23(35-26(31)29(6)7)14-24(19)34-25(20)30/h9-12,14,27H,8,13,15H2,1-7H3. The van der Waals surface area contributed by atoms with Crippen molar-refractivity contribution in [2.45, 2.75) is 33.7 Å². The van der Waals surface area contributed by atoms with Crippen LogP contribution in [-0.4, -0.2) is 58.3 Å². The van der Waals surface area contributed by atoms with Gasteiger partial charge in [-0.05, 0) is 69.3 Å². The molecule has 10 heteroatoms. The molecule has 1 amide bonds. The Kier molecular flexibility index (Phi) is 8.10. The number of ether oxygens (including phenoxy) is 1. The van der Waals surface area contributed by atoms with E-state index in [1.807, 2.05) is 45.0 Å². The highest BCUT2D eigenvalue weighted by Gasteiger charge is 2.20. The van der Waals surface area contributed by atoms with Gasteiger partial charge in [0.25, 0.3) is 0 Å². The predicted molar refractivity (Wildman–Crippen MR) is 141 cm³/mol. The summed E-state index contributed by atoms with van der Waals surface area (Å²) in [7, 11) is 3.56. The first-order valence-electron chi connectivity index (χ1n) is 11.5. The number of hydrogen-bond acceptors (Lipinski definition) is 7. The Morgan fingerprint density at radius 1 is 1.08 bits per heavy atom. The molecule has 0 aliphatic heterocycles. The number of rotatable bonds is 8. The van der Waals surface area contributed by atoms with Gasteiger partial charge in [0.05, 0.1) is 11.4 Å². The molecule has 0 saturated carbocycles. The quantitative estimate of drug-likeness (QED) is 0.454. The Morgan fingerprint density at radius 3 is 2.39 bits per heavy atom. The van der Waals surface area contributed by atoms with Crippen LogP contribution in [0.2, 0.25) is 0 Å². The molecule has 1 aromatic heterocycles. The van der Waals surface area contributed by atoms with Crippen LogP contribution in [0.5, 0.6) is 5.75 Å². The van der Waals surface area contributed by atoms with Gasteiger partial charge in [0, 0.05) is 44.1 Å². The fraction of sp³-hybridized carbons (Fsp3) is 0.385. The summed E-state index contributed by atoms with van der Waals surface area (Å²) in [5, 5.41) is 0.751. The summed E-state index contributed by atoms with van der Waals surface area (Å²) in [5.74, 6) is 0.281. The van der Waals surface area contributed by atoms with E-state index in [0.717, 1.165) is 27.6 Å². The summed E-state index contributed by atoms with van der Waals surface area (Å²) >= 11 is 0. The highest BCUT2D eigenvalue weighted by Crippen LogP contribution is 2.31. The van der Waals surface area contributed by atoms with E-state index in [0.29, 0.717) is 29.1 Å². The molecule has 3 aromatic rings. The SMILES string of the molecule is CCS(=O)(=O)Nc1cccc(Cc2c(CN(C)C)c3cc(C)c(OC(=O)N(C)C)cc3oc2=O)c1C. The monoisotopic (exact) mass is 515 g/mol. The van der Waals surface area contributed by atoms with Crippen molar-refractivity contribution in [2.24, 2.45) is 0 Å². The second kappa shape index (κ2) is 10.7. The zero-order chi connectivity index (χ0) is 26.8. The number of nitrogens with zero attached hydrogens (tertiary/aromatic N) is 2. The van der Waals surface area contributed by atoms with Crippen molar-refractivity contribution in [3.05, 3.63) is 68.6 Å². The topological polar surface area (TPSA) is 109 Å². The average molecular weight is 516 g/mol. The third-order valence-electron chi connectivity index (χ3n) is 5.91.